The number of benzene rings is 3. The predicted octanol–water partition coefficient (Wildman–Crippen LogP) is 6.16. The maximum absolute atomic E-state index is 12.9. The molecule has 0 N–H and O–H groups in total. The standard InChI is InChI=1S/C24H14Cl2N2O5/c25-16-9-7-14(8-10-16)21-12-19(18-5-2-6-20(26)23(18)27-21)24(30)33-13-22(29)15-3-1-4-17(11-15)28(31)32/h1-12H,13H2. The number of carbonyl (C=O) groups is 2. The number of pyridine rings is 1. The van der Waals surface area contributed by atoms with Crippen LogP contribution in [-0.4, -0.2) is 28.3 Å². The Labute approximate surface area is 197 Å². The number of ketones is 1. The lowest BCUT2D eigenvalue weighted by Crippen LogP contribution is -2.15. The number of nitro benzene ring substituents is 1. The molecule has 4 rings (SSSR count). The smallest absolute Gasteiger partial charge is 0.339 e. The summed E-state index contributed by atoms with van der Waals surface area (Å²) in [6.07, 6.45) is 0. The van der Waals surface area contributed by atoms with Gasteiger partial charge in [-0.15, -0.1) is 0 Å². The SMILES string of the molecule is O=C(COC(=O)c1cc(-c2ccc(Cl)cc2)nc2c(Cl)cccc12)c1cccc([N+](=O)[O-])c1. The second-order valence-electron chi connectivity index (χ2n) is 7.00. The Bertz CT molecular complexity index is 1400. The number of halogens is 2. The fourth-order valence-electron chi connectivity index (χ4n) is 3.24. The van der Waals surface area contributed by atoms with Crippen LogP contribution in [0.1, 0.15) is 20.7 Å². The van der Waals surface area contributed by atoms with Crippen LogP contribution in [0.15, 0.2) is 72.8 Å². The number of ether oxygens (including phenoxy) is 1. The van der Waals surface area contributed by atoms with Crippen molar-refractivity contribution in [3.8, 4) is 11.3 Å². The van der Waals surface area contributed by atoms with Gasteiger partial charge in [0.2, 0.25) is 5.78 Å². The molecule has 0 aliphatic rings. The van der Waals surface area contributed by atoms with Gasteiger partial charge in [-0.05, 0) is 24.3 Å². The maximum Gasteiger partial charge on any atom is 0.339 e. The van der Waals surface area contributed by atoms with Crippen molar-refractivity contribution in [3.63, 3.8) is 0 Å². The van der Waals surface area contributed by atoms with Gasteiger partial charge < -0.3 is 4.74 Å². The molecule has 164 valence electrons. The Morgan fingerprint density at radius 1 is 0.970 bits per heavy atom. The lowest BCUT2D eigenvalue weighted by atomic mass is 10.0. The molecule has 3 aromatic carbocycles. The van der Waals surface area contributed by atoms with Crippen LogP contribution in [0.25, 0.3) is 22.2 Å². The number of rotatable bonds is 6. The molecule has 0 amide bonds. The number of esters is 1. The summed E-state index contributed by atoms with van der Waals surface area (Å²) < 4.78 is 5.25. The van der Waals surface area contributed by atoms with E-state index < -0.39 is 23.3 Å². The number of para-hydroxylation sites is 1. The van der Waals surface area contributed by atoms with Crippen molar-refractivity contribution in [2.45, 2.75) is 0 Å². The Morgan fingerprint density at radius 3 is 2.42 bits per heavy atom. The van der Waals surface area contributed by atoms with Crippen molar-refractivity contribution in [1.29, 1.82) is 0 Å². The van der Waals surface area contributed by atoms with Gasteiger partial charge >= 0.3 is 5.97 Å². The minimum absolute atomic E-state index is 0.0708. The first-order valence-corrected chi connectivity index (χ1v) is 10.4. The molecule has 1 aromatic heterocycles. The van der Waals surface area contributed by atoms with E-state index >= 15 is 0 Å². The van der Waals surface area contributed by atoms with Crippen molar-refractivity contribution in [3.05, 3.63) is 104 Å². The van der Waals surface area contributed by atoms with Gasteiger partial charge in [-0.2, -0.15) is 0 Å². The van der Waals surface area contributed by atoms with Crippen LogP contribution in [-0.2, 0) is 4.74 Å². The molecule has 33 heavy (non-hydrogen) atoms. The van der Waals surface area contributed by atoms with E-state index in [1.165, 1.54) is 18.2 Å². The number of nitrogens with zero attached hydrogens (tertiary/aromatic N) is 2. The second kappa shape index (κ2) is 9.36. The number of Topliss-reactive ketones (excluding diaryl/α,β-unsaturated/α-hetero) is 1. The molecule has 0 spiro atoms. The molecule has 0 saturated heterocycles. The second-order valence-corrected chi connectivity index (χ2v) is 7.85. The topological polar surface area (TPSA) is 99.4 Å². The molecular weight excluding hydrogens is 467 g/mol. The van der Waals surface area contributed by atoms with Crippen molar-refractivity contribution < 1.29 is 19.2 Å². The Morgan fingerprint density at radius 2 is 1.70 bits per heavy atom. The quantitative estimate of drug-likeness (QED) is 0.142. The van der Waals surface area contributed by atoms with Crippen LogP contribution in [0.3, 0.4) is 0 Å². The first-order valence-electron chi connectivity index (χ1n) is 9.63. The zero-order valence-corrected chi connectivity index (χ0v) is 18.3. The molecule has 1 heterocycles. The van der Waals surface area contributed by atoms with E-state index in [4.69, 9.17) is 27.9 Å². The summed E-state index contributed by atoms with van der Waals surface area (Å²) in [5.74, 6) is -1.32. The molecule has 0 unspecified atom stereocenters. The third kappa shape index (κ3) is 4.84. The highest BCUT2D eigenvalue weighted by molar-refractivity contribution is 6.35. The zero-order valence-electron chi connectivity index (χ0n) is 16.8. The van der Waals surface area contributed by atoms with Crippen LogP contribution in [0.5, 0.6) is 0 Å². The molecule has 0 radical (unpaired) electrons. The van der Waals surface area contributed by atoms with E-state index in [0.29, 0.717) is 32.2 Å². The number of hydrogen-bond acceptors (Lipinski definition) is 6. The molecule has 4 aromatic rings. The van der Waals surface area contributed by atoms with Gasteiger partial charge in [0.25, 0.3) is 5.69 Å². The van der Waals surface area contributed by atoms with E-state index in [0.717, 1.165) is 6.07 Å². The van der Waals surface area contributed by atoms with Crippen LogP contribution in [0.2, 0.25) is 10.0 Å². The summed E-state index contributed by atoms with van der Waals surface area (Å²) in [5, 5.41) is 12.3. The first kappa shape index (κ1) is 22.4. The predicted molar refractivity (Wildman–Crippen MR) is 125 cm³/mol. The van der Waals surface area contributed by atoms with Crippen LogP contribution >= 0.6 is 23.2 Å². The number of non-ortho nitro benzene ring substituents is 1. The minimum atomic E-state index is -0.751. The van der Waals surface area contributed by atoms with Gasteiger partial charge in [0.1, 0.15) is 0 Å². The average Bonchev–Trinajstić information content (AvgIpc) is 2.82. The number of nitro groups is 1. The Hall–Kier alpha value is -3.81. The van der Waals surface area contributed by atoms with Crippen molar-refractivity contribution in [1.82, 2.24) is 4.98 Å². The fraction of sp³-hybridized carbons (Fsp3) is 0.0417. The lowest BCUT2D eigenvalue weighted by Gasteiger charge is -2.11. The number of aromatic nitrogens is 1. The summed E-state index contributed by atoms with van der Waals surface area (Å²) in [6.45, 7) is -0.583. The first-order chi connectivity index (χ1) is 15.8. The van der Waals surface area contributed by atoms with Gasteiger partial charge in [0.15, 0.2) is 6.61 Å². The van der Waals surface area contributed by atoms with Gasteiger partial charge in [-0.3, -0.25) is 14.9 Å². The molecule has 0 saturated carbocycles. The van der Waals surface area contributed by atoms with Gasteiger partial charge in [-0.25, -0.2) is 9.78 Å². The lowest BCUT2D eigenvalue weighted by molar-refractivity contribution is -0.384. The summed E-state index contributed by atoms with van der Waals surface area (Å²) in [6, 6.07) is 18.7. The largest absolute Gasteiger partial charge is 0.454 e. The zero-order chi connectivity index (χ0) is 23.5. The molecule has 0 bridgehead atoms. The molecule has 0 fully saturated rings. The monoisotopic (exact) mass is 480 g/mol. The molecule has 0 atom stereocenters. The third-order valence-electron chi connectivity index (χ3n) is 4.86. The number of fused-ring (bicyclic) bond motifs is 1. The van der Waals surface area contributed by atoms with Crippen molar-refractivity contribution in [2.75, 3.05) is 6.61 Å². The molecule has 7 nitrogen and oxygen atoms in total. The van der Waals surface area contributed by atoms with E-state index in [2.05, 4.69) is 4.98 Å². The Kier molecular flexibility index (Phi) is 6.35. The maximum atomic E-state index is 12.9. The van der Waals surface area contributed by atoms with Crippen molar-refractivity contribution in [2.24, 2.45) is 0 Å². The highest BCUT2D eigenvalue weighted by Crippen LogP contribution is 2.30. The third-order valence-corrected chi connectivity index (χ3v) is 5.42. The highest BCUT2D eigenvalue weighted by atomic mass is 35.5. The number of hydrogen-bond donors (Lipinski definition) is 0. The van der Waals surface area contributed by atoms with E-state index in [1.54, 1.807) is 48.5 Å². The minimum Gasteiger partial charge on any atom is -0.454 e. The van der Waals surface area contributed by atoms with Gasteiger partial charge in [0.05, 0.1) is 26.7 Å². The number of carbonyl (C=O) groups excluding carboxylic acids is 2. The van der Waals surface area contributed by atoms with Crippen LogP contribution in [0, 0.1) is 10.1 Å². The van der Waals surface area contributed by atoms with E-state index in [-0.39, 0.29) is 16.8 Å². The molecule has 9 heteroatoms. The highest BCUT2D eigenvalue weighted by Gasteiger charge is 2.19. The summed E-state index contributed by atoms with van der Waals surface area (Å²) in [4.78, 5) is 40.3. The molecular formula is C24H14Cl2N2O5. The normalized spacial score (nSPS) is 10.7. The fourth-order valence-corrected chi connectivity index (χ4v) is 3.58. The van der Waals surface area contributed by atoms with E-state index in [9.17, 15) is 19.7 Å². The van der Waals surface area contributed by atoms with Gasteiger partial charge in [0, 0.05) is 33.7 Å². The average molecular weight is 481 g/mol. The van der Waals surface area contributed by atoms with E-state index in [1.807, 2.05) is 0 Å². The van der Waals surface area contributed by atoms with Crippen LogP contribution in [0.4, 0.5) is 5.69 Å². The summed E-state index contributed by atoms with van der Waals surface area (Å²) in [5.41, 5.74) is 1.62. The molecule has 0 aliphatic heterocycles. The Balaban J connectivity index is 1.65. The van der Waals surface area contributed by atoms with Gasteiger partial charge in [-0.1, -0.05) is 59.6 Å². The van der Waals surface area contributed by atoms with Crippen molar-refractivity contribution >= 4 is 51.5 Å². The summed E-state index contributed by atoms with van der Waals surface area (Å²) in [7, 11) is 0. The summed E-state index contributed by atoms with van der Waals surface area (Å²) >= 11 is 12.3. The van der Waals surface area contributed by atoms with Crippen LogP contribution < -0.4 is 0 Å². The molecule has 0 aliphatic carbocycles.